The first kappa shape index (κ1) is 16.8. The van der Waals surface area contributed by atoms with E-state index in [0.717, 1.165) is 5.56 Å². The van der Waals surface area contributed by atoms with Gasteiger partial charge in [0.25, 0.3) is 0 Å². The lowest BCUT2D eigenvalue weighted by Crippen LogP contribution is -2.53. The summed E-state index contributed by atoms with van der Waals surface area (Å²) in [5.74, 6) is 0. The summed E-state index contributed by atoms with van der Waals surface area (Å²) in [7, 11) is -1.21. The molecule has 0 atom stereocenters. The maximum absolute atomic E-state index is 10.1. The predicted octanol–water partition coefficient (Wildman–Crippen LogP) is 2.56. The predicted molar refractivity (Wildman–Crippen MR) is 80.3 cm³/mol. The van der Waals surface area contributed by atoms with E-state index in [-0.39, 0.29) is 0 Å². The van der Waals surface area contributed by atoms with E-state index in [2.05, 4.69) is 0 Å². The first-order chi connectivity index (χ1) is 8.45. The van der Waals surface area contributed by atoms with Gasteiger partial charge in [-0.2, -0.15) is 0 Å². The Balaban J connectivity index is 3.00. The molecular formula is C13H19BCl2O3. The van der Waals surface area contributed by atoms with Crippen LogP contribution >= 0.6 is 23.2 Å². The van der Waals surface area contributed by atoms with Gasteiger partial charge in [-0.25, -0.2) is 0 Å². The molecule has 3 nitrogen and oxygen atoms in total. The molecule has 0 aliphatic carbocycles. The van der Waals surface area contributed by atoms with E-state index in [1.807, 2.05) is 0 Å². The van der Waals surface area contributed by atoms with Crippen LogP contribution in [-0.2, 0) is 4.65 Å². The van der Waals surface area contributed by atoms with Crippen LogP contribution in [0.3, 0.4) is 0 Å². The van der Waals surface area contributed by atoms with Crippen LogP contribution in [0.25, 0.3) is 0 Å². The van der Waals surface area contributed by atoms with E-state index < -0.39 is 18.3 Å². The standard InChI is InChI=1S/C13H19BCl2O3/c1-8-10(15)6-9(7-11(8)16)14(18)19-13(4,5)12(2,3)17/h6-7,17-18H,1-5H3. The summed E-state index contributed by atoms with van der Waals surface area (Å²) in [6, 6.07) is 3.21. The highest BCUT2D eigenvalue weighted by atomic mass is 35.5. The summed E-state index contributed by atoms with van der Waals surface area (Å²) >= 11 is 12.0. The molecule has 0 aromatic heterocycles. The lowest BCUT2D eigenvalue weighted by Gasteiger charge is -2.38. The lowest BCUT2D eigenvalue weighted by atomic mass is 9.76. The molecule has 0 aliphatic heterocycles. The van der Waals surface area contributed by atoms with Gasteiger partial charge in [0.15, 0.2) is 0 Å². The van der Waals surface area contributed by atoms with Crippen molar-refractivity contribution in [2.24, 2.45) is 0 Å². The molecule has 1 aromatic rings. The average Bonchev–Trinajstić information content (AvgIpc) is 2.22. The molecule has 1 aromatic carbocycles. The van der Waals surface area contributed by atoms with Gasteiger partial charge in [-0.1, -0.05) is 23.2 Å². The smallest absolute Gasteiger partial charge is 0.423 e. The Hall–Kier alpha value is -0.255. The molecule has 0 unspecified atom stereocenters. The van der Waals surface area contributed by atoms with Crippen molar-refractivity contribution >= 4 is 35.8 Å². The summed E-state index contributed by atoms with van der Waals surface area (Å²) in [5.41, 5.74) is -0.832. The normalized spacial score (nSPS) is 12.7. The fourth-order valence-corrected chi connectivity index (χ4v) is 1.80. The molecule has 0 radical (unpaired) electrons. The van der Waals surface area contributed by atoms with Crippen molar-refractivity contribution < 1.29 is 14.8 Å². The summed E-state index contributed by atoms with van der Waals surface area (Å²) in [4.78, 5) is 0. The Bertz CT molecular complexity index is 446. The number of halogens is 2. The Morgan fingerprint density at radius 1 is 1.11 bits per heavy atom. The van der Waals surface area contributed by atoms with Gasteiger partial charge in [-0.15, -0.1) is 0 Å². The average molecular weight is 305 g/mol. The van der Waals surface area contributed by atoms with Crippen LogP contribution in [0, 0.1) is 6.92 Å². The number of hydrogen-bond acceptors (Lipinski definition) is 3. The lowest BCUT2D eigenvalue weighted by molar-refractivity contribution is -0.0982. The maximum Gasteiger partial charge on any atom is 0.491 e. The van der Waals surface area contributed by atoms with E-state index in [1.165, 1.54) is 0 Å². The molecule has 0 fully saturated rings. The summed E-state index contributed by atoms with van der Waals surface area (Å²) < 4.78 is 5.53. The van der Waals surface area contributed by atoms with Gasteiger partial charge >= 0.3 is 7.12 Å². The number of aliphatic hydroxyl groups is 1. The third-order valence-electron chi connectivity index (χ3n) is 3.47. The van der Waals surface area contributed by atoms with Crippen LogP contribution < -0.4 is 5.46 Å². The van der Waals surface area contributed by atoms with E-state index in [4.69, 9.17) is 27.9 Å². The van der Waals surface area contributed by atoms with Crippen LogP contribution in [0.1, 0.15) is 33.3 Å². The highest BCUT2D eigenvalue weighted by molar-refractivity contribution is 6.61. The molecule has 0 bridgehead atoms. The fraction of sp³-hybridized carbons (Fsp3) is 0.538. The molecule has 19 heavy (non-hydrogen) atoms. The van der Waals surface area contributed by atoms with E-state index in [1.54, 1.807) is 46.8 Å². The second kappa shape index (κ2) is 5.62. The minimum atomic E-state index is -1.21. The van der Waals surface area contributed by atoms with E-state index >= 15 is 0 Å². The molecule has 2 N–H and O–H groups in total. The molecule has 106 valence electrons. The molecular weight excluding hydrogens is 286 g/mol. The van der Waals surface area contributed by atoms with Crippen LogP contribution in [0.4, 0.5) is 0 Å². The molecule has 1 rings (SSSR count). The monoisotopic (exact) mass is 304 g/mol. The maximum atomic E-state index is 10.1. The SMILES string of the molecule is Cc1c(Cl)cc(B(O)OC(C)(C)C(C)(C)O)cc1Cl. The number of benzene rings is 1. The van der Waals surface area contributed by atoms with Gasteiger partial charge in [0.1, 0.15) is 0 Å². The Morgan fingerprint density at radius 2 is 1.53 bits per heavy atom. The number of hydrogen-bond donors (Lipinski definition) is 2. The molecule has 0 saturated heterocycles. The molecule has 0 aliphatic rings. The third-order valence-corrected chi connectivity index (χ3v) is 4.25. The Labute approximate surface area is 124 Å². The van der Waals surface area contributed by atoms with Crippen molar-refractivity contribution in [3.63, 3.8) is 0 Å². The van der Waals surface area contributed by atoms with Crippen molar-refractivity contribution in [1.29, 1.82) is 0 Å². The Kier molecular flexibility index (Phi) is 4.97. The zero-order valence-electron chi connectivity index (χ0n) is 11.8. The highest BCUT2D eigenvalue weighted by Crippen LogP contribution is 2.26. The first-order valence-corrected chi connectivity index (χ1v) is 6.75. The first-order valence-electron chi connectivity index (χ1n) is 5.99. The molecule has 0 amide bonds. The van der Waals surface area contributed by atoms with Gasteiger partial charge in [0, 0.05) is 10.0 Å². The van der Waals surface area contributed by atoms with Crippen LogP contribution in [-0.4, -0.2) is 28.5 Å². The quantitative estimate of drug-likeness (QED) is 0.841. The van der Waals surface area contributed by atoms with Gasteiger partial charge in [0.2, 0.25) is 0 Å². The van der Waals surface area contributed by atoms with Gasteiger partial charge < -0.3 is 14.8 Å². The van der Waals surface area contributed by atoms with Crippen LogP contribution in [0.15, 0.2) is 12.1 Å². The van der Waals surface area contributed by atoms with Crippen LogP contribution in [0.2, 0.25) is 10.0 Å². The minimum absolute atomic E-state index is 0.456. The van der Waals surface area contributed by atoms with E-state index in [0.29, 0.717) is 15.5 Å². The zero-order valence-corrected chi connectivity index (χ0v) is 13.3. The number of rotatable bonds is 4. The van der Waals surface area contributed by atoms with Gasteiger partial charge in [-0.05, 0) is 57.8 Å². The second-order valence-electron chi connectivity index (χ2n) is 5.65. The van der Waals surface area contributed by atoms with Crippen molar-refractivity contribution in [2.75, 3.05) is 0 Å². The summed E-state index contributed by atoms with van der Waals surface area (Å²) in [6.45, 7) is 8.44. The third kappa shape index (κ3) is 3.86. The van der Waals surface area contributed by atoms with Gasteiger partial charge in [-0.3, -0.25) is 0 Å². The summed E-state index contributed by atoms with van der Waals surface area (Å²) in [6.07, 6.45) is 0. The van der Waals surface area contributed by atoms with Crippen molar-refractivity contribution in [3.05, 3.63) is 27.7 Å². The van der Waals surface area contributed by atoms with Crippen LogP contribution in [0.5, 0.6) is 0 Å². The van der Waals surface area contributed by atoms with Crippen molar-refractivity contribution in [1.82, 2.24) is 0 Å². The summed E-state index contributed by atoms with van der Waals surface area (Å²) in [5, 5.41) is 21.0. The van der Waals surface area contributed by atoms with Gasteiger partial charge in [0.05, 0.1) is 11.2 Å². The Morgan fingerprint density at radius 3 is 1.89 bits per heavy atom. The van der Waals surface area contributed by atoms with Crippen molar-refractivity contribution in [3.8, 4) is 0 Å². The van der Waals surface area contributed by atoms with E-state index in [9.17, 15) is 10.1 Å². The van der Waals surface area contributed by atoms with Crippen molar-refractivity contribution in [2.45, 2.75) is 45.8 Å². The zero-order chi connectivity index (χ0) is 15.0. The largest absolute Gasteiger partial charge is 0.491 e. The highest BCUT2D eigenvalue weighted by Gasteiger charge is 2.39. The molecule has 6 heteroatoms. The molecule has 0 saturated carbocycles. The molecule has 0 spiro atoms. The minimum Gasteiger partial charge on any atom is -0.423 e. The fourth-order valence-electron chi connectivity index (χ4n) is 1.30. The second-order valence-corrected chi connectivity index (χ2v) is 6.46. The molecule has 0 heterocycles. The topological polar surface area (TPSA) is 49.7 Å².